The van der Waals surface area contributed by atoms with Crippen molar-refractivity contribution >= 4 is 11.9 Å². The van der Waals surface area contributed by atoms with E-state index in [1.54, 1.807) is 11.0 Å². The molecule has 0 aliphatic heterocycles. The quantitative estimate of drug-likeness (QED) is 0.745. The Kier molecular flexibility index (Phi) is 4.08. The average molecular weight is 263 g/mol. The third-order valence-electron chi connectivity index (χ3n) is 4.18. The molecule has 4 nitrogen and oxygen atoms in total. The molecular formula is C15H21NO3. The van der Waals surface area contributed by atoms with E-state index >= 15 is 0 Å². The number of hydrogen-bond acceptors (Lipinski definition) is 2. The molecule has 0 aromatic carbocycles. The highest BCUT2D eigenvalue weighted by Gasteiger charge is 2.52. The largest absolute Gasteiger partial charge is 0.481 e. The number of rotatable bonds is 6. The van der Waals surface area contributed by atoms with Crippen LogP contribution < -0.4 is 0 Å². The fourth-order valence-corrected chi connectivity index (χ4v) is 3.42. The number of nitrogens with zero attached hydrogens (tertiary/aromatic N) is 1. The van der Waals surface area contributed by atoms with Crippen LogP contribution in [-0.4, -0.2) is 35.0 Å². The van der Waals surface area contributed by atoms with E-state index in [-0.39, 0.29) is 23.7 Å². The van der Waals surface area contributed by atoms with Crippen molar-refractivity contribution in [2.75, 3.05) is 13.1 Å². The van der Waals surface area contributed by atoms with Gasteiger partial charge in [0, 0.05) is 13.1 Å². The van der Waals surface area contributed by atoms with E-state index in [9.17, 15) is 14.7 Å². The molecule has 1 saturated carbocycles. The minimum absolute atomic E-state index is 0.0222. The van der Waals surface area contributed by atoms with E-state index in [0.29, 0.717) is 13.1 Å². The molecule has 0 spiro atoms. The van der Waals surface area contributed by atoms with Gasteiger partial charge < -0.3 is 10.0 Å². The summed E-state index contributed by atoms with van der Waals surface area (Å²) in [6, 6.07) is 0. The van der Waals surface area contributed by atoms with Crippen molar-refractivity contribution in [3.63, 3.8) is 0 Å². The summed E-state index contributed by atoms with van der Waals surface area (Å²) in [5.74, 6) is -1.67. The van der Waals surface area contributed by atoms with Crippen LogP contribution in [0.15, 0.2) is 24.8 Å². The van der Waals surface area contributed by atoms with E-state index in [2.05, 4.69) is 6.58 Å². The fraction of sp³-hybridized carbons (Fsp3) is 0.600. The number of allylic oxidation sites excluding steroid dienone is 2. The molecule has 2 rings (SSSR count). The second-order valence-electron chi connectivity index (χ2n) is 5.41. The van der Waals surface area contributed by atoms with E-state index < -0.39 is 11.9 Å². The maximum absolute atomic E-state index is 12.6. The van der Waals surface area contributed by atoms with Gasteiger partial charge in [-0.3, -0.25) is 9.59 Å². The van der Waals surface area contributed by atoms with Crippen molar-refractivity contribution in [3.8, 4) is 0 Å². The number of fused-ring (bicyclic) bond motifs is 2. The fourth-order valence-electron chi connectivity index (χ4n) is 3.42. The molecular weight excluding hydrogens is 242 g/mol. The summed E-state index contributed by atoms with van der Waals surface area (Å²) in [6.07, 6.45) is 7.36. The molecule has 2 unspecified atom stereocenters. The molecule has 1 fully saturated rings. The highest BCUT2D eigenvalue weighted by Crippen LogP contribution is 2.48. The van der Waals surface area contributed by atoms with Crippen LogP contribution in [0, 0.1) is 23.7 Å². The van der Waals surface area contributed by atoms with Gasteiger partial charge >= 0.3 is 5.97 Å². The van der Waals surface area contributed by atoms with Crippen LogP contribution in [0.1, 0.15) is 19.8 Å². The lowest BCUT2D eigenvalue weighted by Crippen LogP contribution is -2.43. The topological polar surface area (TPSA) is 57.6 Å². The molecule has 19 heavy (non-hydrogen) atoms. The summed E-state index contributed by atoms with van der Waals surface area (Å²) < 4.78 is 0. The van der Waals surface area contributed by atoms with Gasteiger partial charge in [0.05, 0.1) is 11.8 Å². The highest BCUT2D eigenvalue weighted by atomic mass is 16.4. The molecule has 4 heteroatoms. The van der Waals surface area contributed by atoms with Crippen LogP contribution in [0.4, 0.5) is 0 Å². The summed E-state index contributed by atoms with van der Waals surface area (Å²) in [7, 11) is 0. The number of aliphatic carboxylic acids is 1. The number of hydrogen-bond donors (Lipinski definition) is 1. The van der Waals surface area contributed by atoms with Crippen molar-refractivity contribution in [1.82, 2.24) is 4.90 Å². The van der Waals surface area contributed by atoms with Gasteiger partial charge in [0.15, 0.2) is 0 Å². The van der Waals surface area contributed by atoms with Gasteiger partial charge in [-0.15, -0.1) is 6.58 Å². The molecule has 0 aromatic rings. The van der Waals surface area contributed by atoms with Gasteiger partial charge in [-0.05, 0) is 24.7 Å². The average Bonchev–Trinajstić information content (AvgIpc) is 2.97. The lowest BCUT2D eigenvalue weighted by atomic mass is 9.82. The Morgan fingerprint density at radius 3 is 2.53 bits per heavy atom. The number of carbonyl (C=O) groups excluding carboxylic acids is 1. The first kappa shape index (κ1) is 13.8. The molecule has 2 aliphatic rings. The van der Waals surface area contributed by atoms with Gasteiger partial charge in [0.1, 0.15) is 0 Å². The van der Waals surface area contributed by atoms with Crippen LogP contribution in [0.2, 0.25) is 0 Å². The molecule has 0 heterocycles. The van der Waals surface area contributed by atoms with Gasteiger partial charge in [0.2, 0.25) is 5.91 Å². The Morgan fingerprint density at radius 2 is 2.00 bits per heavy atom. The molecule has 0 aromatic heterocycles. The van der Waals surface area contributed by atoms with Crippen LogP contribution in [0.25, 0.3) is 0 Å². The first-order valence-electron chi connectivity index (χ1n) is 6.91. The minimum Gasteiger partial charge on any atom is -0.481 e. The third-order valence-corrected chi connectivity index (χ3v) is 4.18. The molecule has 2 bridgehead atoms. The predicted molar refractivity (Wildman–Crippen MR) is 72.4 cm³/mol. The molecule has 0 radical (unpaired) electrons. The summed E-state index contributed by atoms with van der Waals surface area (Å²) in [4.78, 5) is 25.8. The lowest BCUT2D eigenvalue weighted by Gasteiger charge is -2.30. The summed E-state index contributed by atoms with van der Waals surface area (Å²) in [5.41, 5.74) is 0. The zero-order valence-electron chi connectivity index (χ0n) is 11.3. The Balaban J connectivity index is 2.18. The van der Waals surface area contributed by atoms with Crippen LogP contribution in [-0.2, 0) is 9.59 Å². The predicted octanol–water partition coefficient (Wildman–Crippen LogP) is 1.93. The first-order valence-corrected chi connectivity index (χ1v) is 6.91. The normalized spacial score (nSPS) is 31.4. The smallest absolute Gasteiger partial charge is 0.307 e. The number of carboxylic acid groups (broad SMARTS) is 1. The Hall–Kier alpha value is -1.58. The van der Waals surface area contributed by atoms with Crippen molar-refractivity contribution in [3.05, 3.63) is 24.8 Å². The van der Waals surface area contributed by atoms with E-state index in [0.717, 1.165) is 12.8 Å². The highest BCUT2D eigenvalue weighted by molar-refractivity contribution is 5.87. The Morgan fingerprint density at radius 1 is 1.37 bits per heavy atom. The van der Waals surface area contributed by atoms with E-state index in [4.69, 9.17) is 0 Å². The Bertz CT molecular complexity index is 416. The molecule has 4 atom stereocenters. The van der Waals surface area contributed by atoms with E-state index in [1.807, 2.05) is 19.1 Å². The minimum atomic E-state index is -0.842. The Labute approximate surface area is 113 Å². The summed E-state index contributed by atoms with van der Waals surface area (Å²) in [5, 5.41) is 9.37. The third kappa shape index (κ3) is 2.44. The lowest BCUT2D eigenvalue weighted by molar-refractivity contribution is -0.150. The van der Waals surface area contributed by atoms with Crippen LogP contribution in [0.3, 0.4) is 0 Å². The summed E-state index contributed by atoms with van der Waals surface area (Å²) >= 11 is 0. The second-order valence-corrected chi connectivity index (χ2v) is 5.41. The maximum Gasteiger partial charge on any atom is 0.307 e. The van der Waals surface area contributed by atoms with Crippen LogP contribution in [0.5, 0.6) is 0 Å². The standard InChI is InChI=1S/C15H21NO3/c1-3-7-16(8-4-2)14(17)12-10-5-6-11(9-10)13(12)15(18)19/h3,5-6,10-13H,1,4,7-9H2,2H3,(H,18,19)/t10?,11?,12-,13+/m0/s1. The molecule has 2 aliphatic carbocycles. The summed E-state index contributed by atoms with van der Waals surface area (Å²) in [6.45, 7) is 6.84. The van der Waals surface area contributed by atoms with Crippen molar-refractivity contribution in [1.29, 1.82) is 0 Å². The number of carbonyl (C=O) groups is 2. The SMILES string of the molecule is C=CCN(CCC)C(=O)[C@H]1C2C=CC(C2)[C@H]1C(=O)O. The number of amides is 1. The van der Waals surface area contributed by atoms with E-state index in [1.165, 1.54) is 0 Å². The molecule has 1 N–H and O–H groups in total. The number of carboxylic acids is 1. The molecule has 0 saturated heterocycles. The van der Waals surface area contributed by atoms with Crippen molar-refractivity contribution in [2.45, 2.75) is 19.8 Å². The monoisotopic (exact) mass is 263 g/mol. The van der Waals surface area contributed by atoms with Crippen molar-refractivity contribution < 1.29 is 14.7 Å². The maximum atomic E-state index is 12.6. The van der Waals surface area contributed by atoms with Gasteiger partial charge in [-0.2, -0.15) is 0 Å². The van der Waals surface area contributed by atoms with Gasteiger partial charge in [0.25, 0.3) is 0 Å². The van der Waals surface area contributed by atoms with Gasteiger partial charge in [-0.1, -0.05) is 25.2 Å². The second kappa shape index (κ2) is 5.59. The first-order chi connectivity index (χ1) is 9.10. The zero-order chi connectivity index (χ0) is 14.0. The van der Waals surface area contributed by atoms with Gasteiger partial charge in [-0.25, -0.2) is 0 Å². The van der Waals surface area contributed by atoms with Crippen molar-refractivity contribution in [2.24, 2.45) is 23.7 Å². The molecule has 1 amide bonds. The van der Waals surface area contributed by atoms with Crippen LogP contribution >= 0.6 is 0 Å². The molecule has 104 valence electrons. The zero-order valence-corrected chi connectivity index (χ0v) is 11.3.